The van der Waals surface area contributed by atoms with E-state index in [4.69, 9.17) is 0 Å². The molecule has 1 aromatic carbocycles. The lowest BCUT2D eigenvalue weighted by Crippen LogP contribution is -2.36. The Kier molecular flexibility index (Phi) is 2.87. The highest BCUT2D eigenvalue weighted by Gasteiger charge is 2.34. The molecular formula is C11H12N2O2S. The van der Waals surface area contributed by atoms with Gasteiger partial charge in [-0.1, -0.05) is 17.7 Å². The summed E-state index contributed by atoms with van der Waals surface area (Å²) in [5.41, 5.74) is 2.09. The minimum Gasteiger partial charge on any atom is -0.354 e. The smallest absolute Gasteiger partial charge is 0.288 e. The Morgan fingerprint density at radius 3 is 2.38 bits per heavy atom. The fourth-order valence-electron chi connectivity index (χ4n) is 1.52. The number of rotatable bonds is 2. The van der Waals surface area contributed by atoms with Gasteiger partial charge in [-0.2, -0.15) is 0 Å². The van der Waals surface area contributed by atoms with Crippen molar-refractivity contribution in [2.24, 2.45) is 0 Å². The van der Waals surface area contributed by atoms with Crippen LogP contribution in [0.3, 0.4) is 0 Å². The summed E-state index contributed by atoms with van der Waals surface area (Å²) in [5, 5.41) is 1.53. The van der Waals surface area contributed by atoms with E-state index in [0.29, 0.717) is 0 Å². The number of nitrogens with one attached hydrogen (secondary N) is 1. The summed E-state index contributed by atoms with van der Waals surface area (Å²) in [6.45, 7) is 2.00. The van der Waals surface area contributed by atoms with Crippen molar-refractivity contribution in [2.75, 3.05) is 11.9 Å². The van der Waals surface area contributed by atoms with Gasteiger partial charge in [0.05, 0.1) is 0 Å². The quantitative estimate of drug-likeness (QED) is 0.849. The van der Waals surface area contributed by atoms with Crippen molar-refractivity contribution in [3.8, 4) is 0 Å². The van der Waals surface area contributed by atoms with Gasteiger partial charge in [-0.05, 0) is 30.8 Å². The monoisotopic (exact) mass is 236 g/mol. The Balaban J connectivity index is 2.19. The number of aryl methyl sites for hydroxylation is 1. The molecule has 1 fully saturated rings. The van der Waals surface area contributed by atoms with E-state index >= 15 is 0 Å². The van der Waals surface area contributed by atoms with E-state index in [1.165, 1.54) is 0 Å². The minimum absolute atomic E-state index is 0.252. The number of carbonyl (C=O) groups is 2. The highest BCUT2D eigenvalue weighted by molar-refractivity contribution is 8.15. The van der Waals surface area contributed by atoms with Crippen molar-refractivity contribution in [3.05, 3.63) is 29.8 Å². The fourth-order valence-corrected chi connectivity index (χ4v) is 2.33. The Bertz CT molecular complexity index is 430. The third-order valence-corrected chi connectivity index (χ3v) is 3.53. The number of hydrogen-bond acceptors (Lipinski definition) is 4. The number of nitrogens with zero attached hydrogens (tertiary/aromatic N) is 1. The summed E-state index contributed by atoms with van der Waals surface area (Å²) in [7, 11) is 1.81. The van der Waals surface area contributed by atoms with Gasteiger partial charge < -0.3 is 4.90 Å². The maximum atomic E-state index is 11.5. The highest BCUT2D eigenvalue weighted by Crippen LogP contribution is 2.26. The molecule has 0 spiro atoms. The SMILES string of the molecule is Cc1ccc(N(C)C2SC(=O)NC2=O)cc1. The standard InChI is InChI=1S/C11H12N2O2S/c1-7-3-5-8(6-4-7)13(2)10-9(14)12-11(15)16-10/h3-6,10H,1-2H3,(H,12,14,15). The van der Waals surface area contributed by atoms with Gasteiger partial charge in [-0.3, -0.25) is 14.9 Å². The molecule has 1 atom stereocenters. The van der Waals surface area contributed by atoms with E-state index < -0.39 is 5.37 Å². The number of benzene rings is 1. The summed E-state index contributed by atoms with van der Waals surface area (Å²) in [6.07, 6.45) is 0. The normalized spacial score (nSPS) is 19.8. The first kappa shape index (κ1) is 11.0. The first-order chi connectivity index (χ1) is 7.58. The summed E-state index contributed by atoms with van der Waals surface area (Å²) >= 11 is 1.01. The van der Waals surface area contributed by atoms with Crippen molar-refractivity contribution < 1.29 is 9.59 Å². The predicted octanol–water partition coefficient (Wildman–Crippen LogP) is 1.74. The van der Waals surface area contributed by atoms with E-state index in [-0.39, 0.29) is 11.1 Å². The summed E-state index contributed by atoms with van der Waals surface area (Å²) in [5.74, 6) is -0.252. The molecule has 0 aliphatic carbocycles. The molecule has 1 unspecified atom stereocenters. The molecule has 2 amide bonds. The zero-order valence-electron chi connectivity index (χ0n) is 9.06. The molecule has 0 saturated carbocycles. The van der Waals surface area contributed by atoms with Crippen LogP contribution in [0.25, 0.3) is 0 Å². The molecule has 1 aromatic rings. The van der Waals surface area contributed by atoms with Crippen LogP contribution in [0.15, 0.2) is 24.3 Å². The molecule has 0 bridgehead atoms. The first-order valence-electron chi connectivity index (χ1n) is 4.89. The van der Waals surface area contributed by atoms with Crippen LogP contribution in [0, 0.1) is 6.92 Å². The third kappa shape index (κ3) is 2.04. The van der Waals surface area contributed by atoms with Crippen LogP contribution in [0.2, 0.25) is 0 Å². The highest BCUT2D eigenvalue weighted by atomic mass is 32.2. The number of carbonyl (C=O) groups excluding carboxylic acids is 2. The lowest BCUT2D eigenvalue weighted by molar-refractivity contribution is -0.118. The largest absolute Gasteiger partial charge is 0.354 e. The molecule has 0 aromatic heterocycles. The second kappa shape index (κ2) is 4.17. The topological polar surface area (TPSA) is 49.4 Å². The Morgan fingerprint density at radius 1 is 1.25 bits per heavy atom. The zero-order chi connectivity index (χ0) is 11.7. The van der Waals surface area contributed by atoms with Crippen molar-refractivity contribution in [1.29, 1.82) is 0 Å². The van der Waals surface area contributed by atoms with Crippen LogP contribution in [0.4, 0.5) is 10.5 Å². The number of imide groups is 1. The van der Waals surface area contributed by atoms with E-state index in [1.54, 1.807) is 11.9 Å². The maximum Gasteiger partial charge on any atom is 0.288 e. The van der Waals surface area contributed by atoms with Gasteiger partial charge >= 0.3 is 0 Å². The van der Waals surface area contributed by atoms with E-state index in [2.05, 4.69) is 5.32 Å². The lowest BCUT2D eigenvalue weighted by Gasteiger charge is -2.23. The number of anilines is 1. The number of thioether (sulfide) groups is 1. The predicted molar refractivity (Wildman–Crippen MR) is 64.5 cm³/mol. The average molecular weight is 236 g/mol. The van der Waals surface area contributed by atoms with Crippen molar-refractivity contribution >= 4 is 28.6 Å². The molecule has 1 heterocycles. The van der Waals surface area contributed by atoms with E-state index in [1.807, 2.05) is 31.2 Å². The molecule has 1 saturated heterocycles. The van der Waals surface area contributed by atoms with Gasteiger partial charge in [-0.25, -0.2) is 0 Å². The van der Waals surface area contributed by atoms with Gasteiger partial charge in [0.25, 0.3) is 11.1 Å². The lowest BCUT2D eigenvalue weighted by atomic mass is 10.2. The summed E-state index contributed by atoms with van der Waals surface area (Å²) in [4.78, 5) is 24.3. The molecule has 1 aliphatic heterocycles. The molecule has 16 heavy (non-hydrogen) atoms. The minimum atomic E-state index is -0.463. The molecule has 1 N–H and O–H groups in total. The molecule has 1 aliphatic rings. The van der Waals surface area contributed by atoms with E-state index in [0.717, 1.165) is 23.0 Å². The molecular weight excluding hydrogens is 224 g/mol. The average Bonchev–Trinajstić information content (AvgIpc) is 2.58. The summed E-state index contributed by atoms with van der Waals surface area (Å²) in [6, 6.07) is 7.83. The molecule has 0 radical (unpaired) electrons. The zero-order valence-corrected chi connectivity index (χ0v) is 9.88. The molecule has 5 heteroatoms. The Morgan fingerprint density at radius 2 is 1.88 bits per heavy atom. The summed E-state index contributed by atoms with van der Waals surface area (Å²) < 4.78 is 0. The van der Waals surface area contributed by atoms with Crippen LogP contribution in [0.1, 0.15) is 5.56 Å². The van der Waals surface area contributed by atoms with Crippen molar-refractivity contribution in [3.63, 3.8) is 0 Å². The van der Waals surface area contributed by atoms with Crippen LogP contribution < -0.4 is 10.2 Å². The molecule has 4 nitrogen and oxygen atoms in total. The second-order valence-electron chi connectivity index (χ2n) is 3.69. The van der Waals surface area contributed by atoms with Crippen LogP contribution in [0.5, 0.6) is 0 Å². The first-order valence-corrected chi connectivity index (χ1v) is 5.77. The maximum absolute atomic E-state index is 11.5. The van der Waals surface area contributed by atoms with Crippen molar-refractivity contribution in [1.82, 2.24) is 5.32 Å². The number of amides is 2. The van der Waals surface area contributed by atoms with Crippen LogP contribution >= 0.6 is 11.8 Å². The van der Waals surface area contributed by atoms with Gasteiger partial charge in [-0.15, -0.1) is 0 Å². The van der Waals surface area contributed by atoms with Crippen molar-refractivity contribution in [2.45, 2.75) is 12.3 Å². The van der Waals surface area contributed by atoms with Gasteiger partial charge in [0, 0.05) is 12.7 Å². The van der Waals surface area contributed by atoms with Gasteiger partial charge in [0.15, 0.2) is 5.37 Å². The number of hydrogen-bond donors (Lipinski definition) is 1. The number of likely N-dealkylation sites (N-methyl/N-ethyl adjacent to an activating group) is 1. The fraction of sp³-hybridized carbons (Fsp3) is 0.273. The van der Waals surface area contributed by atoms with Crippen LogP contribution in [-0.4, -0.2) is 23.6 Å². The Hall–Kier alpha value is -1.49. The second-order valence-corrected chi connectivity index (χ2v) is 4.75. The Labute approximate surface area is 98.0 Å². The third-order valence-electron chi connectivity index (χ3n) is 2.46. The van der Waals surface area contributed by atoms with E-state index in [9.17, 15) is 9.59 Å². The molecule has 2 rings (SSSR count). The van der Waals surface area contributed by atoms with Gasteiger partial charge in [0.2, 0.25) is 0 Å². The van der Waals surface area contributed by atoms with Crippen LogP contribution in [-0.2, 0) is 4.79 Å². The molecule has 84 valence electrons. The van der Waals surface area contributed by atoms with Gasteiger partial charge in [0.1, 0.15) is 0 Å².